The molecule has 5 nitrogen and oxygen atoms in total. The van der Waals surface area contributed by atoms with Gasteiger partial charge in [-0.1, -0.05) is 41.1 Å². The third-order valence-electron chi connectivity index (χ3n) is 5.72. The molecule has 0 saturated heterocycles. The zero-order valence-electron chi connectivity index (χ0n) is 14.4. The van der Waals surface area contributed by atoms with Gasteiger partial charge in [0.05, 0.1) is 0 Å². The highest BCUT2D eigenvalue weighted by Gasteiger charge is 2.61. The summed E-state index contributed by atoms with van der Waals surface area (Å²) in [6.07, 6.45) is 0. The van der Waals surface area contributed by atoms with Crippen LogP contribution in [0.2, 0.25) is 0 Å². The molecule has 24 heavy (non-hydrogen) atoms. The van der Waals surface area contributed by atoms with Crippen LogP contribution in [0.1, 0.15) is 27.7 Å². The summed E-state index contributed by atoms with van der Waals surface area (Å²) < 4.78 is 3.09. The van der Waals surface area contributed by atoms with Crippen LogP contribution in [0.5, 0.6) is 0 Å². The van der Waals surface area contributed by atoms with Gasteiger partial charge < -0.3 is 5.21 Å². The third kappa shape index (κ3) is 1.60. The van der Waals surface area contributed by atoms with Crippen molar-refractivity contribution in [2.75, 3.05) is 0 Å². The second-order valence-electron chi connectivity index (χ2n) is 7.41. The summed E-state index contributed by atoms with van der Waals surface area (Å²) >= 11 is 0. The Morgan fingerprint density at radius 2 is 1.29 bits per heavy atom. The molecule has 2 N–H and O–H groups in total. The highest BCUT2D eigenvalue weighted by atomic mass is 16.5. The minimum Gasteiger partial charge on any atom is -0.375 e. The molecule has 0 aliphatic carbocycles. The topological polar surface area (TPSA) is 51.6 Å². The first kappa shape index (κ1) is 15.0. The van der Waals surface area contributed by atoms with Gasteiger partial charge in [-0.2, -0.15) is 4.57 Å². The fourth-order valence-corrected chi connectivity index (χ4v) is 3.44. The van der Waals surface area contributed by atoms with Crippen LogP contribution in [0, 0.1) is 0 Å². The first-order valence-corrected chi connectivity index (χ1v) is 8.12. The van der Waals surface area contributed by atoms with Crippen molar-refractivity contribution in [2.24, 2.45) is 0 Å². The van der Waals surface area contributed by atoms with Crippen LogP contribution in [0.4, 0.5) is 0 Å². The van der Waals surface area contributed by atoms with Gasteiger partial charge in [-0.25, -0.2) is 5.21 Å². The summed E-state index contributed by atoms with van der Waals surface area (Å²) in [4.78, 5) is 0. The maximum atomic E-state index is 10.9. The molecule has 0 spiro atoms. The van der Waals surface area contributed by atoms with E-state index in [9.17, 15) is 10.4 Å². The zero-order valence-corrected chi connectivity index (χ0v) is 14.4. The van der Waals surface area contributed by atoms with Crippen molar-refractivity contribution in [3.05, 3.63) is 48.5 Å². The zero-order chi connectivity index (χ0) is 17.3. The monoisotopic (exact) mass is 324 g/mol. The molecule has 0 radical (unpaired) electrons. The number of hydrogen-bond donors (Lipinski definition) is 2. The van der Waals surface area contributed by atoms with Gasteiger partial charge in [0.15, 0.2) is 11.1 Å². The van der Waals surface area contributed by atoms with Gasteiger partial charge in [0.2, 0.25) is 0 Å². The standard InChI is InChI=1S/C19H22N3O2/c1-18(2)19(3,4)22(24)17(21(18)23)20-15-11-7-5-9-13(15)14-10-6-8-12-16(14)20/h5-12,23-24H,1-4H3/q+1. The molecule has 2 heterocycles. The lowest BCUT2D eigenvalue weighted by Crippen LogP contribution is -2.54. The Balaban J connectivity index is 2.16. The van der Waals surface area contributed by atoms with Crippen molar-refractivity contribution in [1.82, 2.24) is 9.63 Å². The Kier molecular flexibility index (Phi) is 2.82. The Morgan fingerprint density at radius 1 is 0.833 bits per heavy atom. The first-order valence-electron chi connectivity index (χ1n) is 8.12. The molecule has 0 bridgehead atoms. The van der Waals surface area contributed by atoms with E-state index in [1.165, 1.54) is 9.80 Å². The smallest absolute Gasteiger partial charge is 0.375 e. The van der Waals surface area contributed by atoms with Gasteiger partial charge in [-0.15, -0.1) is 5.06 Å². The summed E-state index contributed by atoms with van der Waals surface area (Å²) in [5, 5.41) is 25.1. The number of benzene rings is 2. The number of hydrogen-bond acceptors (Lipinski definition) is 3. The molecule has 1 aliphatic heterocycles. The molecule has 1 aliphatic rings. The molecule has 4 rings (SSSR count). The van der Waals surface area contributed by atoms with Crippen LogP contribution >= 0.6 is 0 Å². The highest BCUT2D eigenvalue weighted by Crippen LogP contribution is 2.38. The van der Waals surface area contributed by atoms with Gasteiger partial charge in [0.1, 0.15) is 11.0 Å². The Morgan fingerprint density at radius 3 is 1.71 bits per heavy atom. The molecule has 0 saturated carbocycles. The molecule has 124 valence electrons. The normalized spacial score (nSPS) is 19.6. The van der Waals surface area contributed by atoms with Gasteiger partial charge >= 0.3 is 5.96 Å². The molecule has 0 atom stereocenters. The molecule has 1 aromatic heterocycles. The second kappa shape index (κ2) is 4.51. The number of fused-ring (bicyclic) bond motifs is 3. The van der Waals surface area contributed by atoms with E-state index in [2.05, 4.69) is 12.1 Å². The van der Waals surface area contributed by atoms with Crippen molar-refractivity contribution in [3.63, 3.8) is 0 Å². The highest BCUT2D eigenvalue weighted by molar-refractivity contribution is 6.13. The van der Waals surface area contributed by atoms with Crippen molar-refractivity contribution in [1.29, 1.82) is 0 Å². The quantitative estimate of drug-likeness (QED) is 0.490. The van der Waals surface area contributed by atoms with E-state index >= 15 is 0 Å². The molecule has 0 unspecified atom stereocenters. The van der Waals surface area contributed by atoms with Crippen LogP contribution in [0.3, 0.4) is 0 Å². The van der Waals surface area contributed by atoms with Crippen molar-refractivity contribution >= 4 is 27.8 Å². The van der Waals surface area contributed by atoms with Gasteiger partial charge in [-0.05, 0) is 39.8 Å². The fourth-order valence-electron chi connectivity index (χ4n) is 3.44. The largest absolute Gasteiger partial charge is 0.426 e. The molecular formula is C19H22N3O2+. The molecule has 3 aromatic rings. The summed E-state index contributed by atoms with van der Waals surface area (Å²) in [7, 11) is 0. The average molecular weight is 324 g/mol. The number of aromatic nitrogens is 1. The summed E-state index contributed by atoms with van der Waals surface area (Å²) in [5.74, 6) is 0.349. The fraction of sp³-hybridized carbons (Fsp3) is 0.316. The van der Waals surface area contributed by atoms with E-state index in [0.717, 1.165) is 21.8 Å². The SMILES string of the molecule is CC1(C)N(O)C(n2c3ccccc3c3ccccc32)=[N+](O)C1(C)C. The van der Waals surface area contributed by atoms with Gasteiger partial charge in [0, 0.05) is 10.8 Å². The van der Waals surface area contributed by atoms with Crippen molar-refractivity contribution < 1.29 is 15.2 Å². The minimum atomic E-state index is -0.663. The lowest BCUT2D eigenvalue weighted by Gasteiger charge is -2.31. The van der Waals surface area contributed by atoms with Crippen LogP contribution in [0.25, 0.3) is 21.8 Å². The Hall–Kier alpha value is -2.53. The number of rotatable bonds is 0. The molecule has 2 aromatic carbocycles. The average Bonchev–Trinajstić information content (AvgIpc) is 2.94. The minimum absolute atomic E-state index is 0.349. The molecule has 0 amide bonds. The molecular weight excluding hydrogens is 302 g/mol. The van der Waals surface area contributed by atoms with Gasteiger partial charge in [-0.3, -0.25) is 0 Å². The van der Waals surface area contributed by atoms with E-state index in [-0.39, 0.29) is 0 Å². The van der Waals surface area contributed by atoms with Crippen molar-refractivity contribution in [2.45, 2.75) is 38.8 Å². The lowest BCUT2D eigenvalue weighted by atomic mass is 9.84. The van der Waals surface area contributed by atoms with Crippen LogP contribution in [0.15, 0.2) is 48.5 Å². The summed E-state index contributed by atoms with van der Waals surface area (Å²) in [6, 6.07) is 16.1. The molecule has 0 fully saturated rings. The lowest BCUT2D eigenvalue weighted by molar-refractivity contribution is -0.821. The number of para-hydroxylation sites is 2. The Labute approximate surface area is 140 Å². The van der Waals surface area contributed by atoms with E-state index in [0.29, 0.717) is 5.96 Å². The third-order valence-corrected chi connectivity index (χ3v) is 5.72. The van der Waals surface area contributed by atoms with Crippen LogP contribution < -0.4 is 0 Å². The maximum Gasteiger partial charge on any atom is 0.426 e. The Bertz CT molecular complexity index is 945. The second-order valence-corrected chi connectivity index (χ2v) is 7.41. The number of hydroxylamine groups is 3. The molecule has 5 heteroatoms. The van der Waals surface area contributed by atoms with E-state index in [1.54, 1.807) is 0 Å². The van der Waals surface area contributed by atoms with Crippen molar-refractivity contribution in [3.8, 4) is 0 Å². The maximum absolute atomic E-state index is 10.9. The van der Waals surface area contributed by atoms with Crippen LogP contribution in [-0.4, -0.2) is 41.8 Å². The van der Waals surface area contributed by atoms with Crippen LogP contribution in [-0.2, 0) is 0 Å². The summed E-state index contributed by atoms with van der Waals surface area (Å²) in [5.41, 5.74) is 0.563. The van der Waals surface area contributed by atoms with E-state index in [4.69, 9.17) is 0 Å². The predicted octanol–water partition coefficient (Wildman–Crippen LogP) is 3.66. The first-order chi connectivity index (χ1) is 11.3. The predicted molar refractivity (Wildman–Crippen MR) is 93.7 cm³/mol. The summed E-state index contributed by atoms with van der Waals surface area (Å²) in [6.45, 7) is 7.66. The number of nitrogens with zero attached hydrogens (tertiary/aromatic N) is 3. The van der Waals surface area contributed by atoms with Gasteiger partial charge in [0.25, 0.3) is 0 Å². The van der Waals surface area contributed by atoms with E-state index in [1.807, 2.05) is 68.7 Å². The van der Waals surface area contributed by atoms with E-state index < -0.39 is 11.1 Å².